The number of benzene rings is 2. The third-order valence-corrected chi connectivity index (χ3v) is 8.87. The number of nitrogens with two attached hydrogens (primary N) is 1. The summed E-state index contributed by atoms with van der Waals surface area (Å²) < 4.78 is 39.5. The van der Waals surface area contributed by atoms with Crippen LogP contribution in [0.3, 0.4) is 0 Å². The highest BCUT2D eigenvalue weighted by Crippen LogP contribution is 2.46. The van der Waals surface area contributed by atoms with Crippen LogP contribution in [0.1, 0.15) is 53.3 Å². The highest BCUT2D eigenvalue weighted by Gasteiger charge is 2.35. The van der Waals surface area contributed by atoms with E-state index in [0.717, 1.165) is 10.9 Å². The van der Waals surface area contributed by atoms with E-state index in [0.29, 0.717) is 47.1 Å². The van der Waals surface area contributed by atoms with Crippen molar-refractivity contribution < 1.29 is 27.9 Å². The molecule has 2 aromatic carbocycles. The number of nitrogen functional groups attached to an aromatic ring is 1. The van der Waals surface area contributed by atoms with E-state index in [1.54, 1.807) is 38.1 Å². The van der Waals surface area contributed by atoms with Crippen molar-refractivity contribution in [1.29, 1.82) is 0 Å². The van der Waals surface area contributed by atoms with Gasteiger partial charge in [0.1, 0.15) is 35.8 Å². The SMILES string of the molecule is CCOCc1nc2c(N)nc3ccccc3c2n1C[C@@H](C)O[P@](=O)(N[C@@H](C)C(=O)OC(CC)CC)Oc1ccc(Cl)cc1. The molecular weight excluding hydrogens is 593 g/mol. The van der Waals surface area contributed by atoms with Crippen LogP contribution in [-0.2, 0) is 36.5 Å². The van der Waals surface area contributed by atoms with E-state index in [2.05, 4.69) is 10.1 Å². The molecule has 4 rings (SSSR count). The smallest absolute Gasteiger partial charge is 0.459 e. The van der Waals surface area contributed by atoms with E-state index < -0.39 is 25.9 Å². The van der Waals surface area contributed by atoms with Gasteiger partial charge in [-0.1, -0.05) is 43.6 Å². The summed E-state index contributed by atoms with van der Waals surface area (Å²) in [6, 6.07) is 13.0. The maximum Gasteiger partial charge on any atom is 0.459 e. The molecule has 0 aliphatic rings. The molecule has 0 aliphatic carbocycles. The van der Waals surface area contributed by atoms with E-state index in [1.807, 2.05) is 49.6 Å². The van der Waals surface area contributed by atoms with Crippen molar-refractivity contribution in [3.63, 3.8) is 0 Å². The van der Waals surface area contributed by atoms with Crippen molar-refractivity contribution in [2.24, 2.45) is 0 Å². The molecule has 0 bridgehead atoms. The fourth-order valence-corrected chi connectivity index (χ4v) is 6.46. The maximum atomic E-state index is 14.3. The van der Waals surface area contributed by atoms with Gasteiger partial charge in [-0.2, -0.15) is 5.09 Å². The first-order valence-electron chi connectivity index (χ1n) is 14.4. The van der Waals surface area contributed by atoms with Gasteiger partial charge in [-0.25, -0.2) is 14.5 Å². The van der Waals surface area contributed by atoms with Gasteiger partial charge in [0.2, 0.25) is 0 Å². The zero-order valence-corrected chi connectivity index (χ0v) is 26.7. The summed E-state index contributed by atoms with van der Waals surface area (Å²) in [6.07, 6.45) is 0.389. The molecule has 0 saturated heterocycles. The fraction of sp³-hybridized carbons (Fsp3) is 0.433. The number of carbonyl (C=O) groups excluding carboxylic acids is 1. The Bertz CT molecular complexity index is 1590. The molecule has 0 radical (unpaired) electrons. The average molecular weight is 632 g/mol. The lowest BCUT2D eigenvalue weighted by atomic mass is 10.2. The molecule has 13 heteroatoms. The van der Waals surface area contributed by atoms with Crippen LogP contribution >= 0.6 is 19.3 Å². The molecule has 0 unspecified atom stereocenters. The Kier molecular flexibility index (Phi) is 11.0. The molecule has 0 fully saturated rings. The first kappa shape index (κ1) is 32.7. The number of imidazole rings is 1. The number of rotatable bonds is 15. The second-order valence-corrected chi connectivity index (χ2v) is 12.3. The number of ether oxygens (including phenoxy) is 2. The van der Waals surface area contributed by atoms with Crippen LogP contribution in [-0.4, -0.2) is 45.4 Å². The van der Waals surface area contributed by atoms with Gasteiger partial charge in [0.05, 0.1) is 23.7 Å². The van der Waals surface area contributed by atoms with Crippen LogP contribution < -0.4 is 15.3 Å². The van der Waals surface area contributed by atoms with Crippen molar-refractivity contribution in [3.05, 3.63) is 59.4 Å². The Balaban J connectivity index is 1.67. The van der Waals surface area contributed by atoms with Gasteiger partial charge < -0.3 is 24.3 Å². The van der Waals surface area contributed by atoms with E-state index >= 15 is 0 Å². The number of anilines is 1. The second kappa shape index (κ2) is 14.5. The van der Waals surface area contributed by atoms with Crippen molar-refractivity contribution in [3.8, 4) is 5.75 Å². The largest absolute Gasteiger partial charge is 0.461 e. The number of para-hydroxylation sites is 1. The number of esters is 1. The highest BCUT2D eigenvalue weighted by molar-refractivity contribution is 7.52. The topological polar surface area (TPSA) is 140 Å². The number of aromatic nitrogens is 3. The molecule has 2 heterocycles. The van der Waals surface area contributed by atoms with E-state index in [-0.39, 0.29) is 25.0 Å². The van der Waals surface area contributed by atoms with Crippen LogP contribution in [0.4, 0.5) is 5.82 Å². The van der Waals surface area contributed by atoms with Gasteiger partial charge in [0.15, 0.2) is 5.82 Å². The maximum absolute atomic E-state index is 14.3. The van der Waals surface area contributed by atoms with Crippen LogP contribution in [0.2, 0.25) is 5.02 Å². The molecule has 43 heavy (non-hydrogen) atoms. The third kappa shape index (κ3) is 8.04. The average Bonchev–Trinajstić information content (AvgIpc) is 3.34. The second-order valence-electron chi connectivity index (χ2n) is 10.2. The minimum Gasteiger partial charge on any atom is -0.461 e. The van der Waals surface area contributed by atoms with E-state index in [9.17, 15) is 9.36 Å². The molecular formula is C30H39ClN5O6P. The minimum atomic E-state index is -4.15. The number of nitrogens with one attached hydrogen (secondary N) is 1. The third-order valence-electron chi connectivity index (χ3n) is 6.82. The number of carbonyl (C=O) groups is 1. The zero-order valence-electron chi connectivity index (χ0n) is 25.1. The van der Waals surface area contributed by atoms with Crippen molar-refractivity contribution in [2.45, 2.75) is 78.9 Å². The number of pyridine rings is 1. The molecule has 232 valence electrons. The normalized spacial score (nSPS) is 14.6. The molecule has 3 atom stereocenters. The number of hydrogen-bond donors (Lipinski definition) is 2. The molecule has 4 aromatic rings. The first-order valence-corrected chi connectivity index (χ1v) is 16.3. The summed E-state index contributed by atoms with van der Waals surface area (Å²) >= 11 is 6.03. The lowest BCUT2D eigenvalue weighted by Crippen LogP contribution is -2.37. The summed E-state index contributed by atoms with van der Waals surface area (Å²) in [4.78, 5) is 22.1. The van der Waals surface area contributed by atoms with Crippen LogP contribution in [0.25, 0.3) is 21.9 Å². The molecule has 0 spiro atoms. The molecule has 0 amide bonds. The summed E-state index contributed by atoms with van der Waals surface area (Å²) in [5, 5.41) is 4.11. The van der Waals surface area contributed by atoms with Crippen LogP contribution in [0.15, 0.2) is 48.5 Å². The molecule has 0 aliphatic heterocycles. The lowest BCUT2D eigenvalue weighted by Gasteiger charge is -2.27. The Labute approximate surface area is 256 Å². The lowest BCUT2D eigenvalue weighted by molar-refractivity contribution is -0.151. The molecule has 2 aromatic heterocycles. The first-order chi connectivity index (χ1) is 20.6. The quantitative estimate of drug-likeness (QED) is 0.108. The van der Waals surface area contributed by atoms with E-state index in [4.69, 9.17) is 40.8 Å². The van der Waals surface area contributed by atoms with Crippen molar-refractivity contribution in [2.75, 3.05) is 12.3 Å². The highest BCUT2D eigenvalue weighted by atomic mass is 35.5. The zero-order chi connectivity index (χ0) is 31.1. The monoisotopic (exact) mass is 631 g/mol. The number of fused-ring (bicyclic) bond motifs is 3. The van der Waals surface area contributed by atoms with Gasteiger partial charge in [-0.15, -0.1) is 0 Å². The number of halogens is 1. The minimum absolute atomic E-state index is 0.217. The van der Waals surface area contributed by atoms with Crippen LogP contribution in [0.5, 0.6) is 5.75 Å². The number of hydrogen-bond acceptors (Lipinski definition) is 9. The standard InChI is InChI=1S/C30H39ClN5O6P/c1-6-22(7-2)40-30(37)20(5)35-43(38,42-23-15-13-21(31)14-16-23)41-19(4)17-36-26(18-39-8-3)34-27-28(36)24-11-9-10-12-25(24)33-29(27)32/h9-16,19-20,22H,6-8,17-18H2,1-5H3,(H2,32,33)(H,35,38)/t19-,20+,43-/m1/s1. The Morgan fingerprint density at radius 3 is 2.44 bits per heavy atom. The Morgan fingerprint density at radius 2 is 1.77 bits per heavy atom. The summed E-state index contributed by atoms with van der Waals surface area (Å²) in [7, 11) is -4.15. The molecule has 3 N–H and O–H groups in total. The van der Waals surface area contributed by atoms with Gasteiger partial charge >= 0.3 is 13.7 Å². The molecule has 0 saturated carbocycles. The fourth-order valence-electron chi connectivity index (χ4n) is 4.66. The predicted molar refractivity (Wildman–Crippen MR) is 168 cm³/mol. The predicted octanol–water partition coefficient (Wildman–Crippen LogP) is 6.66. The summed E-state index contributed by atoms with van der Waals surface area (Å²) in [5.41, 5.74) is 8.33. The molecule has 11 nitrogen and oxygen atoms in total. The van der Waals surface area contributed by atoms with Crippen molar-refractivity contribution in [1.82, 2.24) is 19.6 Å². The summed E-state index contributed by atoms with van der Waals surface area (Å²) in [6.45, 7) is 10.0. The van der Waals surface area contributed by atoms with Gasteiger partial charge in [-0.05, 0) is 63.9 Å². The Hall–Kier alpha value is -3.21. The van der Waals surface area contributed by atoms with Crippen molar-refractivity contribution >= 4 is 53.1 Å². The summed E-state index contributed by atoms with van der Waals surface area (Å²) in [5.74, 6) is 0.601. The van der Waals surface area contributed by atoms with E-state index in [1.165, 1.54) is 0 Å². The van der Waals surface area contributed by atoms with Crippen LogP contribution in [0, 0.1) is 0 Å². The van der Waals surface area contributed by atoms with Gasteiger partial charge in [-0.3, -0.25) is 9.32 Å². The number of nitrogens with zero attached hydrogens (tertiary/aromatic N) is 3. The van der Waals surface area contributed by atoms with Gasteiger partial charge in [0, 0.05) is 17.0 Å². The van der Waals surface area contributed by atoms with Gasteiger partial charge in [0.25, 0.3) is 0 Å². The Morgan fingerprint density at radius 1 is 1.07 bits per heavy atom.